The van der Waals surface area contributed by atoms with E-state index in [0.29, 0.717) is 24.5 Å². The van der Waals surface area contributed by atoms with E-state index in [1.54, 1.807) is 12.1 Å². The molecule has 1 aromatic rings. The first-order valence-electron chi connectivity index (χ1n) is 5.90. The molecule has 1 amide bonds. The molecule has 0 unspecified atom stereocenters. The van der Waals surface area contributed by atoms with Gasteiger partial charge in [0.15, 0.2) is 0 Å². The number of carbonyl (C=O) groups excluding carboxylic acids is 1. The van der Waals surface area contributed by atoms with Crippen molar-refractivity contribution in [3.05, 3.63) is 23.4 Å². The number of amides is 1. The third-order valence-electron chi connectivity index (χ3n) is 3.20. The van der Waals surface area contributed by atoms with Crippen LogP contribution in [0.1, 0.15) is 25.1 Å². The Kier molecular flexibility index (Phi) is 2.95. The van der Waals surface area contributed by atoms with Crippen LogP contribution >= 0.6 is 0 Å². The van der Waals surface area contributed by atoms with Crippen molar-refractivity contribution in [3.63, 3.8) is 0 Å². The van der Waals surface area contributed by atoms with E-state index in [-0.39, 0.29) is 5.91 Å². The van der Waals surface area contributed by atoms with Gasteiger partial charge in [0.25, 0.3) is 0 Å². The SMILES string of the molecule is Cc1cc(C#N)cc(N2CCNC(=O)C2(C)C)n1. The minimum absolute atomic E-state index is 0.0180. The molecule has 1 aromatic heterocycles. The van der Waals surface area contributed by atoms with Gasteiger partial charge >= 0.3 is 0 Å². The van der Waals surface area contributed by atoms with Crippen LogP contribution in [0.4, 0.5) is 5.82 Å². The zero-order valence-corrected chi connectivity index (χ0v) is 10.8. The van der Waals surface area contributed by atoms with Gasteiger partial charge in [-0.05, 0) is 32.9 Å². The molecule has 1 fully saturated rings. The normalized spacial score (nSPS) is 18.1. The maximum absolute atomic E-state index is 11.9. The average molecular weight is 244 g/mol. The molecule has 0 aliphatic carbocycles. The van der Waals surface area contributed by atoms with Crippen molar-refractivity contribution in [2.75, 3.05) is 18.0 Å². The fourth-order valence-corrected chi connectivity index (χ4v) is 2.15. The molecule has 0 saturated carbocycles. The van der Waals surface area contributed by atoms with E-state index in [1.165, 1.54) is 0 Å². The van der Waals surface area contributed by atoms with E-state index < -0.39 is 5.54 Å². The molecule has 5 nitrogen and oxygen atoms in total. The van der Waals surface area contributed by atoms with Crippen LogP contribution in [0, 0.1) is 18.3 Å². The maximum atomic E-state index is 11.9. The van der Waals surface area contributed by atoms with Gasteiger partial charge in [-0.1, -0.05) is 0 Å². The van der Waals surface area contributed by atoms with Gasteiger partial charge < -0.3 is 10.2 Å². The third-order valence-corrected chi connectivity index (χ3v) is 3.20. The number of nitriles is 1. The van der Waals surface area contributed by atoms with Gasteiger partial charge in [0, 0.05) is 18.8 Å². The van der Waals surface area contributed by atoms with Crippen LogP contribution in [0.3, 0.4) is 0 Å². The van der Waals surface area contributed by atoms with E-state index >= 15 is 0 Å². The van der Waals surface area contributed by atoms with Gasteiger partial charge in [0.2, 0.25) is 5.91 Å². The van der Waals surface area contributed by atoms with Crippen LogP contribution in [0.25, 0.3) is 0 Å². The van der Waals surface area contributed by atoms with E-state index in [2.05, 4.69) is 16.4 Å². The molecular weight excluding hydrogens is 228 g/mol. The predicted molar refractivity (Wildman–Crippen MR) is 68.1 cm³/mol. The molecule has 2 heterocycles. The Morgan fingerprint density at radius 2 is 2.22 bits per heavy atom. The van der Waals surface area contributed by atoms with Crippen LogP contribution in [0.15, 0.2) is 12.1 Å². The fourth-order valence-electron chi connectivity index (χ4n) is 2.15. The summed E-state index contributed by atoms with van der Waals surface area (Å²) in [6, 6.07) is 5.58. The molecule has 1 aliphatic rings. The standard InChI is InChI=1S/C13H16N4O/c1-9-6-10(8-14)7-11(16-9)17-5-4-15-12(18)13(17,2)3/h6-7H,4-5H2,1-3H3,(H,15,18). The van der Waals surface area contributed by atoms with Gasteiger partial charge in [-0.3, -0.25) is 4.79 Å². The Bertz CT molecular complexity index is 530. The monoisotopic (exact) mass is 244 g/mol. The Labute approximate surface area is 106 Å². The molecule has 1 saturated heterocycles. The molecule has 0 radical (unpaired) electrons. The second-order valence-corrected chi connectivity index (χ2v) is 4.93. The minimum Gasteiger partial charge on any atom is -0.352 e. The number of nitrogens with zero attached hydrogens (tertiary/aromatic N) is 3. The Morgan fingerprint density at radius 1 is 1.50 bits per heavy atom. The number of hydrogen-bond donors (Lipinski definition) is 1. The summed E-state index contributed by atoms with van der Waals surface area (Å²) in [4.78, 5) is 18.3. The van der Waals surface area contributed by atoms with Crippen LogP contribution in [0.2, 0.25) is 0 Å². The van der Waals surface area contributed by atoms with E-state index in [0.717, 1.165) is 5.69 Å². The second kappa shape index (κ2) is 4.30. The summed E-state index contributed by atoms with van der Waals surface area (Å²) in [6.07, 6.45) is 0. The second-order valence-electron chi connectivity index (χ2n) is 4.93. The highest BCUT2D eigenvalue weighted by Crippen LogP contribution is 2.25. The number of nitrogens with one attached hydrogen (secondary N) is 1. The van der Waals surface area contributed by atoms with Gasteiger partial charge in [0.05, 0.1) is 11.6 Å². The first kappa shape index (κ1) is 12.4. The van der Waals surface area contributed by atoms with Crippen LogP contribution in [-0.4, -0.2) is 29.5 Å². The lowest BCUT2D eigenvalue weighted by molar-refractivity contribution is -0.126. The summed E-state index contributed by atoms with van der Waals surface area (Å²) in [5.74, 6) is 0.668. The van der Waals surface area contributed by atoms with Crippen molar-refractivity contribution in [2.24, 2.45) is 0 Å². The smallest absolute Gasteiger partial charge is 0.245 e. The van der Waals surface area contributed by atoms with Crippen molar-refractivity contribution < 1.29 is 4.79 Å². The van der Waals surface area contributed by atoms with Crippen molar-refractivity contribution in [1.82, 2.24) is 10.3 Å². The predicted octanol–water partition coefficient (Wildman–Crippen LogP) is 0.976. The number of aromatic nitrogens is 1. The summed E-state index contributed by atoms with van der Waals surface area (Å²) in [5, 5.41) is 11.8. The molecule has 94 valence electrons. The fraction of sp³-hybridized carbons (Fsp3) is 0.462. The summed E-state index contributed by atoms with van der Waals surface area (Å²) in [7, 11) is 0. The Morgan fingerprint density at radius 3 is 2.89 bits per heavy atom. The summed E-state index contributed by atoms with van der Waals surface area (Å²) < 4.78 is 0. The first-order chi connectivity index (χ1) is 8.45. The third kappa shape index (κ3) is 2.02. The molecule has 0 spiro atoms. The number of carbonyl (C=O) groups is 1. The van der Waals surface area contributed by atoms with E-state index in [9.17, 15) is 4.79 Å². The summed E-state index contributed by atoms with van der Waals surface area (Å²) >= 11 is 0. The molecule has 0 bridgehead atoms. The molecule has 1 N–H and O–H groups in total. The van der Waals surface area contributed by atoms with Crippen molar-refractivity contribution in [1.29, 1.82) is 5.26 Å². The number of pyridine rings is 1. The van der Waals surface area contributed by atoms with E-state index in [4.69, 9.17) is 5.26 Å². The van der Waals surface area contributed by atoms with Crippen LogP contribution in [-0.2, 0) is 4.79 Å². The number of anilines is 1. The number of hydrogen-bond acceptors (Lipinski definition) is 4. The lowest BCUT2D eigenvalue weighted by Crippen LogP contribution is -2.62. The van der Waals surface area contributed by atoms with Gasteiger partial charge in [-0.25, -0.2) is 4.98 Å². The van der Waals surface area contributed by atoms with Crippen molar-refractivity contribution >= 4 is 11.7 Å². The zero-order chi connectivity index (χ0) is 13.3. The molecule has 18 heavy (non-hydrogen) atoms. The van der Waals surface area contributed by atoms with Gasteiger partial charge in [-0.15, -0.1) is 0 Å². The maximum Gasteiger partial charge on any atom is 0.245 e. The topological polar surface area (TPSA) is 69.0 Å². The quantitative estimate of drug-likeness (QED) is 0.799. The van der Waals surface area contributed by atoms with Crippen LogP contribution < -0.4 is 10.2 Å². The van der Waals surface area contributed by atoms with E-state index in [1.807, 2.05) is 25.7 Å². The minimum atomic E-state index is -0.647. The molecule has 0 atom stereocenters. The Hall–Kier alpha value is -2.09. The molecular formula is C13H16N4O. The largest absolute Gasteiger partial charge is 0.352 e. The number of rotatable bonds is 1. The first-order valence-corrected chi connectivity index (χ1v) is 5.90. The number of piperazine rings is 1. The lowest BCUT2D eigenvalue weighted by Gasteiger charge is -2.42. The van der Waals surface area contributed by atoms with Crippen molar-refractivity contribution in [3.8, 4) is 6.07 Å². The molecule has 0 aromatic carbocycles. The molecule has 5 heteroatoms. The van der Waals surface area contributed by atoms with Crippen LogP contribution in [0.5, 0.6) is 0 Å². The summed E-state index contributed by atoms with van der Waals surface area (Å²) in [6.45, 7) is 6.86. The highest BCUT2D eigenvalue weighted by Gasteiger charge is 2.38. The zero-order valence-electron chi connectivity index (χ0n) is 10.8. The molecule has 2 rings (SSSR count). The lowest BCUT2D eigenvalue weighted by atomic mass is 9.98. The number of aryl methyl sites for hydroxylation is 1. The highest BCUT2D eigenvalue weighted by atomic mass is 16.2. The van der Waals surface area contributed by atoms with Crippen molar-refractivity contribution in [2.45, 2.75) is 26.3 Å². The molecule has 1 aliphatic heterocycles. The highest BCUT2D eigenvalue weighted by molar-refractivity contribution is 5.90. The Balaban J connectivity index is 2.45. The van der Waals surface area contributed by atoms with Gasteiger partial charge in [0.1, 0.15) is 11.4 Å². The summed E-state index contributed by atoms with van der Waals surface area (Å²) in [5.41, 5.74) is 0.705. The van der Waals surface area contributed by atoms with Gasteiger partial charge in [-0.2, -0.15) is 5.26 Å². The average Bonchev–Trinajstić information content (AvgIpc) is 2.31.